The summed E-state index contributed by atoms with van der Waals surface area (Å²) in [6.07, 6.45) is 5.42. The van der Waals surface area contributed by atoms with Crippen LogP contribution in [0, 0.1) is 12.8 Å². The van der Waals surface area contributed by atoms with Crippen LogP contribution in [-0.4, -0.2) is 18.5 Å². The quantitative estimate of drug-likeness (QED) is 0.454. The topological polar surface area (TPSA) is 3.24 Å². The zero-order valence-electron chi connectivity index (χ0n) is 5.30. The van der Waals surface area contributed by atoms with Crippen LogP contribution in [0.2, 0.25) is 0 Å². The molecule has 8 heavy (non-hydrogen) atoms. The highest BCUT2D eigenvalue weighted by molar-refractivity contribution is 4.90. The number of hydrogen-bond donors (Lipinski definition) is 0. The summed E-state index contributed by atoms with van der Waals surface area (Å²) in [4.78, 5) is 2.17. The zero-order valence-corrected chi connectivity index (χ0v) is 5.30. The summed E-state index contributed by atoms with van der Waals surface area (Å²) in [6.45, 7) is 5.06. The van der Waals surface area contributed by atoms with Gasteiger partial charge in [-0.2, -0.15) is 0 Å². The lowest BCUT2D eigenvalue weighted by Gasteiger charge is -2.22. The third kappa shape index (κ3) is 1.25. The van der Waals surface area contributed by atoms with Crippen LogP contribution in [0.15, 0.2) is 12.3 Å². The maximum absolute atomic E-state index is 3.96. The Bertz CT molecular complexity index is 96.6. The molecule has 1 heterocycles. The Labute approximate surface area is 51.0 Å². The van der Waals surface area contributed by atoms with E-state index >= 15 is 0 Å². The average molecular weight is 110 g/mol. The molecule has 0 spiro atoms. The minimum absolute atomic E-state index is 0.602. The lowest BCUT2D eigenvalue weighted by molar-refractivity contribution is 0.372. The average Bonchev–Trinajstić information content (AvgIpc) is 1.64. The molecule has 0 aromatic rings. The molecule has 0 aromatic heterocycles. The summed E-state index contributed by atoms with van der Waals surface area (Å²) in [5.74, 6) is 0.602. The van der Waals surface area contributed by atoms with Crippen LogP contribution in [0.5, 0.6) is 0 Å². The summed E-state index contributed by atoms with van der Waals surface area (Å²) in [5.41, 5.74) is 0. The van der Waals surface area contributed by atoms with Crippen molar-refractivity contribution in [1.82, 2.24) is 4.90 Å². The molecule has 0 saturated heterocycles. The molecule has 1 nitrogen and oxygen atoms in total. The largest absolute Gasteiger partial charge is 0.380 e. The molecular formula is C7H12N. The van der Waals surface area contributed by atoms with Gasteiger partial charge in [0.2, 0.25) is 0 Å². The van der Waals surface area contributed by atoms with Gasteiger partial charge in [0, 0.05) is 13.6 Å². The van der Waals surface area contributed by atoms with Crippen molar-refractivity contribution in [2.45, 2.75) is 6.42 Å². The predicted molar refractivity (Wildman–Crippen MR) is 35.2 cm³/mol. The minimum Gasteiger partial charge on any atom is -0.380 e. The van der Waals surface area contributed by atoms with Crippen LogP contribution < -0.4 is 0 Å². The summed E-state index contributed by atoms with van der Waals surface area (Å²) < 4.78 is 0. The van der Waals surface area contributed by atoms with Gasteiger partial charge in [-0.1, -0.05) is 6.08 Å². The van der Waals surface area contributed by atoms with E-state index in [2.05, 4.69) is 31.1 Å². The van der Waals surface area contributed by atoms with Gasteiger partial charge in [0.05, 0.1) is 0 Å². The van der Waals surface area contributed by atoms with E-state index in [1.165, 1.54) is 0 Å². The predicted octanol–water partition coefficient (Wildman–Crippen LogP) is 1.29. The molecule has 0 bridgehead atoms. The van der Waals surface area contributed by atoms with E-state index < -0.39 is 0 Å². The first-order valence-corrected chi connectivity index (χ1v) is 2.99. The normalized spacial score (nSPS) is 28.8. The van der Waals surface area contributed by atoms with Gasteiger partial charge in [0.25, 0.3) is 0 Å². The van der Waals surface area contributed by atoms with Crippen LogP contribution in [0.25, 0.3) is 0 Å². The molecule has 0 aliphatic carbocycles. The van der Waals surface area contributed by atoms with E-state index in [4.69, 9.17) is 0 Å². The van der Waals surface area contributed by atoms with E-state index in [-0.39, 0.29) is 0 Å². The molecule has 0 amide bonds. The van der Waals surface area contributed by atoms with Gasteiger partial charge in [-0.25, -0.2) is 0 Å². The lowest BCUT2D eigenvalue weighted by atomic mass is 10.1. The molecule has 1 unspecified atom stereocenters. The number of allylic oxidation sites excluding steroid dienone is 1. The summed E-state index contributed by atoms with van der Waals surface area (Å²) in [5, 5.41) is 0. The summed E-state index contributed by atoms with van der Waals surface area (Å²) >= 11 is 0. The van der Waals surface area contributed by atoms with Crippen molar-refractivity contribution in [3.63, 3.8) is 0 Å². The van der Waals surface area contributed by atoms with Crippen molar-refractivity contribution in [1.29, 1.82) is 0 Å². The van der Waals surface area contributed by atoms with Crippen LogP contribution in [0.4, 0.5) is 0 Å². The first-order chi connectivity index (χ1) is 3.79. The zero-order chi connectivity index (χ0) is 5.98. The van der Waals surface area contributed by atoms with Crippen molar-refractivity contribution >= 4 is 0 Å². The minimum atomic E-state index is 0.602. The van der Waals surface area contributed by atoms with Gasteiger partial charge >= 0.3 is 0 Å². The summed E-state index contributed by atoms with van der Waals surface area (Å²) in [7, 11) is 2.08. The van der Waals surface area contributed by atoms with E-state index in [9.17, 15) is 0 Å². The molecule has 0 fully saturated rings. The van der Waals surface area contributed by atoms with E-state index in [1.54, 1.807) is 0 Å². The second-order valence-corrected chi connectivity index (χ2v) is 2.43. The Hall–Kier alpha value is -0.460. The Morgan fingerprint density at radius 3 is 2.88 bits per heavy atom. The first kappa shape index (κ1) is 5.67. The lowest BCUT2D eigenvalue weighted by Crippen LogP contribution is -2.21. The Kier molecular flexibility index (Phi) is 1.56. The Morgan fingerprint density at radius 1 is 1.75 bits per heavy atom. The molecule has 0 aromatic carbocycles. The second-order valence-electron chi connectivity index (χ2n) is 2.43. The van der Waals surface area contributed by atoms with Crippen molar-refractivity contribution in [2.75, 3.05) is 13.6 Å². The molecule has 45 valence electrons. The van der Waals surface area contributed by atoms with E-state index in [1.807, 2.05) is 0 Å². The SMILES string of the molecule is [CH2]C1CC=CN(C)C1. The van der Waals surface area contributed by atoms with Crippen LogP contribution in [-0.2, 0) is 0 Å². The van der Waals surface area contributed by atoms with Gasteiger partial charge in [-0.05, 0) is 25.5 Å². The number of hydrogen-bond acceptors (Lipinski definition) is 1. The third-order valence-corrected chi connectivity index (χ3v) is 1.38. The van der Waals surface area contributed by atoms with Gasteiger partial charge in [0.15, 0.2) is 0 Å². The van der Waals surface area contributed by atoms with Crippen LogP contribution >= 0.6 is 0 Å². The molecule has 1 heteroatoms. The first-order valence-electron chi connectivity index (χ1n) is 2.99. The maximum Gasteiger partial charge on any atom is 0.0200 e. The van der Waals surface area contributed by atoms with Gasteiger partial charge in [-0.15, -0.1) is 0 Å². The Morgan fingerprint density at radius 2 is 2.50 bits per heavy atom. The monoisotopic (exact) mass is 110 g/mol. The van der Waals surface area contributed by atoms with Crippen LogP contribution in [0.3, 0.4) is 0 Å². The van der Waals surface area contributed by atoms with E-state index in [0.717, 1.165) is 13.0 Å². The molecular weight excluding hydrogens is 98.1 g/mol. The third-order valence-electron chi connectivity index (χ3n) is 1.38. The molecule has 1 radical (unpaired) electrons. The van der Waals surface area contributed by atoms with Crippen molar-refractivity contribution in [3.05, 3.63) is 19.2 Å². The van der Waals surface area contributed by atoms with E-state index in [0.29, 0.717) is 5.92 Å². The molecule has 0 N–H and O–H groups in total. The highest BCUT2D eigenvalue weighted by Crippen LogP contribution is 2.09. The molecule has 1 aliphatic rings. The van der Waals surface area contributed by atoms with Crippen molar-refractivity contribution < 1.29 is 0 Å². The molecule has 0 saturated carbocycles. The van der Waals surface area contributed by atoms with Crippen molar-refractivity contribution in [2.24, 2.45) is 5.92 Å². The highest BCUT2D eigenvalue weighted by Gasteiger charge is 2.05. The standard InChI is InChI=1S/C7H12N/c1-7-4-3-5-8(2)6-7/h3,5,7H,1,4,6H2,2H3. The highest BCUT2D eigenvalue weighted by atomic mass is 15.1. The molecule has 1 atom stereocenters. The molecule has 1 aliphatic heterocycles. The number of rotatable bonds is 0. The van der Waals surface area contributed by atoms with Gasteiger partial charge < -0.3 is 4.90 Å². The Balaban J connectivity index is 2.42. The summed E-state index contributed by atoms with van der Waals surface area (Å²) in [6, 6.07) is 0. The fraction of sp³-hybridized carbons (Fsp3) is 0.571. The molecule has 1 rings (SSSR count). The van der Waals surface area contributed by atoms with Gasteiger partial charge in [0.1, 0.15) is 0 Å². The number of nitrogens with zero attached hydrogens (tertiary/aromatic N) is 1. The fourth-order valence-electron chi connectivity index (χ4n) is 0.976. The second kappa shape index (κ2) is 2.21. The smallest absolute Gasteiger partial charge is 0.0200 e. The maximum atomic E-state index is 3.96. The van der Waals surface area contributed by atoms with Crippen molar-refractivity contribution in [3.8, 4) is 0 Å². The fourth-order valence-corrected chi connectivity index (χ4v) is 0.976. The van der Waals surface area contributed by atoms with Gasteiger partial charge in [-0.3, -0.25) is 0 Å². The van der Waals surface area contributed by atoms with Crippen LogP contribution in [0.1, 0.15) is 6.42 Å².